The summed E-state index contributed by atoms with van der Waals surface area (Å²) in [5.74, 6) is 0. The van der Waals surface area contributed by atoms with Gasteiger partial charge in [-0.05, 0) is 101 Å². The molecule has 190 valence electrons. The van der Waals surface area contributed by atoms with Gasteiger partial charge in [-0.2, -0.15) is 0 Å². The van der Waals surface area contributed by atoms with Crippen LogP contribution in [-0.4, -0.2) is 18.9 Å². The summed E-state index contributed by atoms with van der Waals surface area (Å²) in [6.07, 6.45) is 2.79. The van der Waals surface area contributed by atoms with Crippen LogP contribution in [0.3, 0.4) is 0 Å². The van der Waals surface area contributed by atoms with E-state index in [1.165, 1.54) is 60.5 Å². The molecule has 0 saturated heterocycles. The summed E-state index contributed by atoms with van der Waals surface area (Å²) in [7, 11) is 0. The second-order valence-corrected chi connectivity index (χ2v) is 11.1. The Balaban J connectivity index is 1.30. The van der Waals surface area contributed by atoms with E-state index in [0.29, 0.717) is 0 Å². The van der Waals surface area contributed by atoms with E-state index in [4.69, 9.17) is 9.97 Å². The van der Waals surface area contributed by atoms with E-state index in [0.717, 1.165) is 34.1 Å². The lowest BCUT2D eigenvalue weighted by Gasteiger charge is -2.11. The predicted molar refractivity (Wildman–Crippen MR) is 168 cm³/mol. The SMILES string of the molecule is c1ccc(-n2c3ccccc3c3cc4c(cc32)Cc2cc3c(cc2-4)c2cccnc2n2c4ccccc4nc32)cc1. The van der Waals surface area contributed by atoms with E-state index in [1.807, 2.05) is 12.3 Å². The van der Waals surface area contributed by atoms with Crippen molar-refractivity contribution in [1.29, 1.82) is 0 Å². The number of benzene rings is 5. The van der Waals surface area contributed by atoms with Gasteiger partial charge in [0.15, 0.2) is 0 Å². The maximum absolute atomic E-state index is 5.10. The van der Waals surface area contributed by atoms with Crippen molar-refractivity contribution in [2.75, 3.05) is 0 Å². The highest BCUT2D eigenvalue weighted by Crippen LogP contribution is 2.45. The van der Waals surface area contributed by atoms with Gasteiger partial charge in [0.2, 0.25) is 0 Å². The van der Waals surface area contributed by atoms with Crippen LogP contribution in [0.25, 0.3) is 77.1 Å². The van der Waals surface area contributed by atoms with Crippen molar-refractivity contribution in [3.63, 3.8) is 0 Å². The normalized spacial score (nSPS) is 12.8. The smallest absolute Gasteiger partial charge is 0.147 e. The van der Waals surface area contributed by atoms with E-state index >= 15 is 0 Å². The standard InChI is InChI=1S/C37H22N4/c1-2-9-24(10-3-1)40-33-14-6-4-11-25(33)30-21-28-23(19-35(30)40)17-22-18-31-29(20-27(22)28)26-12-8-16-38-36(26)41-34-15-7-5-13-32(34)39-37(31)41/h1-16,18-21H,17H2. The van der Waals surface area contributed by atoms with Crippen molar-refractivity contribution in [1.82, 2.24) is 18.9 Å². The molecule has 1 aliphatic rings. The summed E-state index contributed by atoms with van der Waals surface area (Å²) in [6.45, 7) is 0. The third kappa shape index (κ3) is 2.74. The second-order valence-electron chi connectivity index (χ2n) is 11.1. The van der Waals surface area contributed by atoms with E-state index < -0.39 is 0 Å². The molecular weight excluding hydrogens is 500 g/mol. The van der Waals surface area contributed by atoms with Crippen molar-refractivity contribution in [2.45, 2.75) is 6.42 Å². The molecule has 4 heterocycles. The lowest BCUT2D eigenvalue weighted by atomic mass is 9.98. The zero-order valence-electron chi connectivity index (χ0n) is 22.0. The van der Waals surface area contributed by atoms with Gasteiger partial charge in [-0.1, -0.05) is 48.5 Å². The zero-order chi connectivity index (χ0) is 26.7. The van der Waals surface area contributed by atoms with Crippen LogP contribution in [0, 0.1) is 0 Å². The molecule has 1 aliphatic carbocycles. The molecule has 0 aliphatic heterocycles. The van der Waals surface area contributed by atoms with Gasteiger partial charge in [0.25, 0.3) is 0 Å². The zero-order valence-corrected chi connectivity index (χ0v) is 22.0. The Labute approximate surface area is 234 Å². The lowest BCUT2D eigenvalue weighted by molar-refractivity contribution is 1.17. The minimum absolute atomic E-state index is 0.907. The maximum Gasteiger partial charge on any atom is 0.147 e. The predicted octanol–water partition coefficient (Wildman–Crippen LogP) is 8.86. The number of aromatic nitrogens is 4. The third-order valence-corrected chi connectivity index (χ3v) is 8.92. The summed E-state index contributed by atoms with van der Waals surface area (Å²) in [5, 5.41) is 6.10. The Morgan fingerprint density at radius 1 is 0.512 bits per heavy atom. The molecule has 0 atom stereocenters. The Bertz CT molecular complexity index is 2550. The van der Waals surface area contributed by atoms with Gasteiger partial charge in [-0.3, -0.25) is 4.40 Å². The number of fused-ring (bicyclic) bond motifs is 14. The first-order valence-electron chi connectivity index (χ1n) is 14.1. The molecule has 4 nitrogen and oxygen atoms in total. The molecule has 5 aromatic carbocycles. The van der Waals surface area contributed by atoms with Crippen LogP contribution in [0.5, 0.6) is 0 Å². The average Bonchev–Trinajstić information content (AvgIpc) is 3.69. The Hall–Kier alpha value is -5.48. The van der Waals surface area contributed by atoms with Gasteiger partial charge in [-0.25, -0.2) is 9.97 Å². The number of pyridine rings is 2. The molecule has 4 aromatic heterocycles. The topological polar surface area (TPSA) is 35.1 Å². The minimum Gasteiger partial charge on any atom is -0.309 e. The molecular formula is C37H22N4. The molecule has 0 radical (unpaired) electrons. The fraction of sp³-hybridized carbons (Fsp3) is 0.0270. The highest BCUT2D eigenvalue weighted by atomic mass is 15.1. The number of rotatable bonds is 1. The summed E-state index contributed by atoms with van der Waals surface area (Å²) in [6, 6.07) is 41.6. The number of hydrogen-bond donors (Lipinski definition) is 0. The number of imidazole rings is 1. The monoisotopic (exact) mass is 522 g/mol. The molecule has 0 saturated carbocycles. The van der Waals surface area contributed by atoms with Gasteiger partial charge in [0.1, 0.15) is 11.3 Å². The van der Waals surface area contributed by atoms with Crippen molar-refractivity contribution >= 4 is 60.3 Å². The summed E-state index contributed by atoms with van der Waals surface area (Å²) < 4.78 is 4.63. The first kappa shape index (κ1) is 21.4. The largest absolute Gasteiger partial charge is 0.309 e. The summed E-state index contributed by atoms with van der Waals surface area (Å²) in [5.41, 5.74) is 13.1. The Morgan fingerprint density at radius 2 is 1.24 bits per heavy atom. The van der Waals surface area contributed by atoms with Crippen molar-refractivity contribution in [2.24, 2.45) is 0 Å². The average molecular weight is 523 g/mol. The van der Waals surface area contributed by atoms with Crippen LogP contribution < -0.4 is 0 Å². The van der Waals surface area contributed by atoms with Crippen molar-refractivity contribution < 1.29 is 0 Å². The van der Waals surface area contributed by atoms with Crippen LogP contribution in [-0.2, 0) is 6.42 Å². The molecule has 41 heavy (non-hydrogen) atoms. The molecule has 10 rings (SSSR count). The number of hydrogen-bond acceptors (Lipinski definition) is 2. The third-order valence-electron chi connectivity index (χ3n) is 8.92. The van der Waals surface area contributed by atoms with Gasteiger partial charge >= 0.3 is 0 Å². The molecule has 0 bridgehead atoms. The van der Waals surface area contributed by atoms with Gasteiger partial charge in [0.05, 0.1) is 22.1 Å². The van der Waals surface area contributed by atoms with E-state index in [1.54, 1.807) is 0 Å². The van der Waals surface area contributed by atoms with Crippen LogP contribution >= 0.6 is 0 Å². The van der Waals surface area contributed by atoms with Gasteiger partial charge in [-0.15, -0.1) is 0 Å². The first-order valence-corrected chi connectivity index (χ1v) is 14.1. The molecule has 4 heteroatoms. The van der Waals surface area contributed by atoms with Crippen LogP contribution in [0.15, 0.2) is 121 Å². The maximum atomic E-state index is 5.10. The van der Waals surface area contributed by atoms with Crippen molar-refractivity contribution in [3.8, 4) is 16.8 Å². The molecule has 0 amide bonds. The molecule has 0 unspecified atom stereocenters. The first-order chi connectivity index (χ1) is 20.3. The van der Waals surface area contributed by atoms with E-state index in [2.05, 4.69) is 118 Å². The highest BCUT2D eigenvalue weighted by molar-refractivity contribution is 6.16. The van der Waals surface area contributed by atoms with Gasteiger partial charge in [0, 0.05) is 33.4 Å². The van der Waals surface area contributed by atoms with Crippen LogP contribution in [0.1, 0.15) is 11.1 Å². The van der Waals surface area contributed by atoms with Crippen LogP contribution in [0.4, 0.5) is 0 Å². The quantitative estimate of drug-likeness (QED) is 0.202. The lowest BCUT2D eigenvalue weighted by Crippen LogP contribution is -1.94. The van der Waals surface area contributed by atoms with E-state index in [9.17, 15) is 0 Å². The summed E-state index contributed by atoms with van der Waals surface area (Å²) >= 11 is 0. The second kappa shape index (κ2) is 7.58. The van der Waals surface area contributed by atoms with Gasteiger partial charge < -0.3 is 4.57 Å². The molecule has 0 spiro atoms. The fourth-order valence-corrected chi connectivity index (χ4v) is 7.17. The van der Waals surface area contributed by atoms with E-state index in [-0.39, 0.29) is 0 Å². The Kier molecular flexibility index (Phi) is 3.95. The fourth-order valence-electron chi connectivity index (χ4n) is 7.17. The number of para-hydroxylation sites is 4. The number of nitrogens with zero attached hydrogens (tertiary/aromatic N) is 4. The molecule has 9 aromatic rings. The summed E-state index contributed by atoms with van der Waals surface area (Å²) in [4.78, 5) is 9.95. The van der Waals surface area contributed by atoms with Crippen LogP contribution in [0.2, 0.25) is 0 Å². The molecule has 0 N–H and O–H groups in total. The molecule has 0 fully saturated rings. The Morgan fingerprint density at radius 3 is 2.15 bits per heavy atom. The highest BCUT2D eigenvalue weighted by Gasteiger charge is 2.25. The minimum atomic E-state index is 0.907. The van der Waals surface area contributed by atoms with Crippen molar-refractivity contribution in [3.05, 3.63) is 133 Å².